The number of rotatable bonds is 10. The predicted octanol–water partition coefficient (Wildman–Crippen LogP) is 2.98. The first-order valence-electron chi connectivity index (χ1n) is 10.4. The number of hydrogen-bond donors (Lipinski definition) is 0. The first-order chi connectivity index (χ1) is 17.3. The zero-order valence-electron chi connectivity index (χ0n) is 18.8. The number of methoxy groups -OCH3 is 1. The van der Waals surface area contributed by atoms with Crippen LogP contribution in [0, 0.1) is 11.0 Å². The Balaban J connectivity index is 1.45. The maximum atomic E-state index is 13.2. The molecule has 0 fully saturated rings. The summed E-state index contributed by atoms with van der Waals surface area (Å²) in [6.07, 6.45) is 0. The molecule has 36 heavy (non-hydrogen) atoms. The van der Waals surface area contributed by atoms with Gasteiger partial charge in [-0.15, -0.1) is 0 Å². The van der Waals surface area contributed by atoms with E-state index in [0.29, 0.717) is 5.75 Å². The van der Waals surface area contributed by atoms with Gasteiger partial charge >= 0.3 is 10.9 Å². The summed E-state index contributed by atoms with van der Waals surface area (Å²) in [4.78, 5) is 12.4. The van der Waals surface area contributed by atoms with E-state index in [1.165, 1.54) is 73.8 Å². The Labute approximate surface area is 204 Å². The maximum Gasteiger partial charge on any atom is 0.415 e. The summed E-state index contributed by atoms with van der Waals surface area (Å²) in [7, 11) is -2.83. The van der Waals surface area contributed by atoms with Crippen LogP contribution in [0.3, 0.4) is 0 Å². The lowest BCUT2D eigenvalue weighted by atomic mass is 10.0. The van der Waals surface area contributed by atoms with Gasteiger partial charge in [0.2, 0.25) is 0 Å². The van der Waals surface area contributed by atoms with E-state index in [4.69, 9.17) is 14.2 Å². The lowest BCUT2D eigenvalue weighted by Gasteiger charge is -2.10. The third-order valence-electron chi connectivity index (χ3n) is 4.93. The van der Waals surface area contributed by atoms with E-state index in [1.54, 1.807) is 6.07 Å². The second-order valence-corrected chi connectivity index (χ2v) is 9.15. The van der Waals surface area contributed by atoms with Crippen LogP contribution in [0.25, 0.3) is 0 Å². The molecule has 0 unspecified atom stereocenters. The monoisotopic (exact) mass is 514 g/mol. The molecule has 0 aliphatic rings. The highest BCUT2D eigenvalue weighted by Crippen LogP contribution is 2.26. The number of aromatic nitrogens is 2. The number of ketones is 1. The Bertz CT molecular complexity index is 1470. The number of carbonyl (C=O) groups is 1. The molecule has 0 atom stereocenters. The van der Waals surface area contributed by atoms with Crippen molar-refractivity contribution in [1.29, 1.82) is 0 Å². The summed E-state index contributed by atoms with van der Waals surface area (Å²) in [6, 6.07) is 16.9. The van der Waals surface area contributed by atoms with Crippen molar-refractivity contribution >= 4 is 15.6 Å². The molecule has 0 saturated heterocycles. The second kappa shape index (κ2) is 10.4. The highest BCUT2D eigenvalue weighted by atomic mass is 32.2. The van der Waals surface area contributed by atoms with E-state index in [0.717, 1.165) is 0 Å². The van der Waals surface area contributed by atoms with Gasteiger partial charge in [0.1, 0.15) is 30.5 Å². The van der Waals surface area contributed by atoms with Gasteiger partial charge in [0.05, 0.1) is 17.2 Å². The Kier molecular flexibility index (Phi) is 7.15. The molecule has 10 nitrogen and oxygen atoms in total. The average molecular weight is 514 g/mol. The Morgan fingerprint density at radius 1 is 0.972 bits per heavy atom. The minimum absolute atomic E-state index is 0.103. The summed E-state index contributed by atoms with van der Waals surface area (Å²) < 4.78 is 59.4. The third-order valence-corrected chi connectivity index (χ3v) is 6.66. The summed E-state index contributed by atoms with van der Waals surface area (Å²) in [6.45, 7) is -0.309. The van der Waals surface area contributed by atoms with Crippen molar-refractivity contribution in [3.8, 4) is 17.4 Å². The molecule has 4 rings (SSSR count). The maximum absolute atomic E-state index is 13.2. The molecule has 0 saturated carbocycles. The molecule has 0 N–H and O–H groups in total. The molecule has 4 aromatic rings. The van der Waals surface area contributed by atoms with E-state index in [1.807, 2.05) is 0 Å². The molecule has 186 valence electrons. The van der Waals surface area contributed by atoms with Gasteiger partial charge in [-0.2, -0.15) is 0 Å². The van der Waals surface area contributed by atoms with E-state index < -0.39 is 26.6 Å². The van der Waals surface area contributed by atoms with Gasteiger partial charge in [0.15, 0.2) is 5.78 Å². The summed E-state index contributed by atoms with van der Waals surface area (Å²) in [5, 5.41) is 14.5. The molecule has 1 aromatic heterocycles. The summed E-state index contributed by atoms with van der Waals surface area (Å²) in [5.41, 5.74) is 0.528. The molecular weight excluding hydrogens is 495 g/mol. The molecule has 0 bridgehead atoms. The smallest absolute Gasteiger partial charge is 0.415 e. The van der Waals surface area contributed by atoms with Crippen LogP contribution in [0.5, 0.6) is 17.4 Å². The molecule has 0 aliphatic heterocycles. The Morgan fingerprint density at radius 2 is 1.64 bits per heavy atom. The van der Waals surface area contributed by atoms with E-state index in [-0.39, 0.29) is 45.7 Å². The van der Waals surface area contributed by atoms with Crippen LogP contribution in [-0.4, -0.2) is 39.7 Å². The molecular formula is C24H19FN2O8S. The van der Waals surface area contributed by atoms with Gasteiger partial charge in [-0.3, -0.25) is 9.42 Å². The van der Waals surface area contributed by atoms with Crippen molar-refractivity contribution < 1.29 is 41.3 Å². The first-order valence-corrected chi connectivity index (χ1v) is 11.9. The SMILES string of the molecule is COc1cc(OCCOc2no[n+]([O-])c2S(=O)(=O)c2ccccc2)cc(C(=O)c2ccc(F)cc2)c1. The highest BCUT2D eigenvalue weighted by molar-refractivity contribution is 7.91. The topological polar surface area (TPSA) is 132 Å². The Morgan fingerprint density at radius 3 is 2.33 bits per heavy atom. The standard InChI is InChI=1S/C24H19FN2O8S/c1-32-19-13-17(22(28)16-7-9-18(25)10-8-16)14-20(15-19)33-11-12-34-23-24(27(29)35-26-23)36(30,31)21-5-3-2-4-6-21/h2-10,13-15H,11-12H2,1H3. The lowest BCUT2D eigenvalue weighted by Crippen LogP contribution is -2.31. The van der Waals surface area contributed by atoms with Gasteiger partial charge in [-0.25, -0.2) is 12.8 Å². The highest BCUT2D eigenvalue weighted by Gasteiger charge is 2.35. The van der Waals surface area contributed by atoms with Crippen LogP contribution in [0.1, 0.15) is 15.9 Å². The van der Waals surface area contributed by atoms with Crippen LogP contribution in [0.15, 0.2) is 87.3 Å². The zero-order valence-corrected chi connectivity index (χ0v) is 19.6. The number of halogens is 1. The number of carbonyl (C=O) groups excluding carboxylic acids is 1. The number of hydrogen-bond acceptors (Lipinski definition) is 9. The normalized spacial score (nSPS) is 11.2. The molecule has 0 spiro atoms. The molecule has 0 amide bonds. The quantitative estimate of drug-likeness (QED) is 0.178. The fraction of sp³-hybridized carbons (Fsp3) is 0.125. The minimum atomic E-state index is -4.25. The van der Waals surface area contributed by atoms with E-state index in [2.05, 4.69) is 9.79 Å². The fourth-order valence-electron chi connectivity index (χ4n) is 3.21. The van der Waals surface area contributed by atoms with Gasteiger partial charge < -0.3 is 19.4 Å². The Hall–Kier alpha value is -4.45. The first kappa shape index (κ1) is 24.7. The van der Waals surface area contributed by atoms with Crippen molar-refractivity contribution in [3.63, 3.8) is 0 Å². The second-order valence-electron chi connectivity index (χ2n) is 7.29. The lowest BCUT2D eigenvalue weighted by molar-refractivity contribution is -0.832. The zero-order chi connectivity index (χ0) is 25.7. The average Bonchev–Trinajstić information content (AvgIpc) is 3.27. The van der Waals surface area contributed by atoms with Gasteiger partial charge in [0.25, 0.3) is 9.84 Å². The predicted molar refractivity (Wildman–Crippen MR) is 121 cm³/mol. The largest absolute Gasteiger partial charge is 0.497 e. The van der Waals surface area contributed by atoms with Crippen LogP contribution in [0.4, 0.5) is 4.39 Å². The van der Waals surface area contributed by atoms with Crippen molar-refractivity contribution in [2.24, 2.45) is 0 Å². The fourth-order valence-corrected chi connectivity index (χ4v) is 4.50. The number of benzene rings is 3. The van der Waals surface area contributed by atoms with Gasteiger partial charge in [0, 0.05) is 17.2 Å². The van der Waals surface area contributed by atoms with Crippen LogP contribution in [0.2, 0.25) is 0 Å². The van der Waals surface area contributed by atoms with Crippen LogP contribution >= 0.6 is 0 Å². The summed E-state index contributed by atoms with van der Waals surface area (Å²) in [5.74, 6) is -0.738. The van der Waals surface area contributed by atoms with Crippen molar-refractivity contribution in [1.82, 2.24) is 5.16 Å². The van der Waals surface area contributed by atoms with Gasteiger partial charge in [-0.05, 0) is 53.4 Å². The minimum Gasteiger partial charge on any atom is -0.497 e. The molecule has 3 aromatic carbocycles. The molecule has 0 radical (unpaired) electrons. The molecule has 0 aliphatic carbocycles. The third kappa shape index (κ3) is 5.28. The molecule has 12 heteroatoms. The van der Waals surface area contributed by atoms with E-state index >= 15 is 0 Å². The number of ether oxygens (including phenoxy) is 3. The van der Waals surface area contributed by atoms with Crippen molar-refractivity contribution in [2.45, 2.75) is 9.92 Å². The number of sulfone groups is 1. The van der Waals surface area contributed by atoms with Crippen LogP contribution < -0.4 is 19.1 Å². The van der Waals surface area contributed by atoms with Crippen LogP contribution in [-0.2, 0) is 9.84 Å². The molecule has 1 heterocycles. The summed E-state index contributed by atoms with van der Waals surface area (Å²) >= 11 is 0. The van der Waals surface area contributed by atoms with Crippen molar-refractivity contribution in [2.75, 3.05) is 20.3 Å². The van der Waals surface area contributed by atoms with E-state index in [9.17, 15) is 22.8 Å². The van der Waals surface area contributed by atoms with Gasteiger partial charge in [-0.1, -0.05) is 18.2 Å². The van der Waals surface area contributed by atoms with Crippen molar-refractivity contribution in [3.05, 3.63) is 94.9 Å². The number of nitrogens with zero attached hydrogens (tertiary/aromatic N) is 2.